The molecule has 0 radical (unpaired) electrons. The van der Waals surface area contributed by atoms with E-state index in [9.17, 15) is 0 Å². The molecule has 0 aliphatic rings. The summed E-state index contributed by atoms with van der Waals surface area (Å²) >= 11 is 1.53. The van der Waals surface area contributed by atoms with Crippen LogP contribution < -0.4 is 17.0 Å². The van der Waals surface area contributed by atoms with E-state index in [1.165, 1.54) is 11.8 Å². The van der Waals surface area contributed by atoms with Gasteiger partial charge in [0.25, 0.3) is 0 Å². The van der Waals surface area contributed by atoms with Crippen LogP contribution in [0.3, 0.4) is 0 Å². The average molecular weight is 229 g/mol. The fraction of sp³-hybridized carbons (Fsp3) is 0.200. The van der Waals surface area contributed by atoms with Crippen LogP contribution in [0.5, 0.6) is 0 Å². The molecular weight excluding hydrogens is 224 g/mol. The molecule has 0 amide bonds. The first-order valence-corrected chi connectivity index (χ1v) is 3.38. The fourth-order valence-electron chi connectivity index (χ4n) is 0.357. The molecular formula is C5H5BrMgN2S. The third kappa shape index (κ3) is 4.49. The maximum Gasteiger partial charge on any atom is 2.00 e. The average Bonchev–Trinajstić information content (AvgIpc) is 1.90. The topological polar surface area (TPSA) is 25.8 Å². The molecule has 0 spiro atoms. The summed E-state index contributed by atoms with van der Waals surface area (Å²) in [5.74, 6) is 0. The number of nitrogens with zero attached hydrogens (tertiary/aromatic N) is 2. The first kappa shape index (κ1) is 13.3. The van der Waals surface area contributed by atoms with E-state index in [1.807, 2.05) is 6.26 Å². The molecule has 0 N–H and O–H groups in total. The molecule has 0 bridgehead atoms. The molecule has 1 heterocycles. The van der Waals surface area contributed by atoms with Crippen LogP contribution in [0.15, 0.2) is 17.6 Å². The Balaban J connectivity index is 0. The van der Waals surface area contributed by atoms with Crippen LogP contribution >= 0.6 is 11.8 Å². The summed E-state index contributed by atoms with van der Waals surface area (Å²) in [5, 5.41) is 0.795. The van der Waals surface area contributed by atoms with Gasteiger partial charge >= 0.3 is 23.1 Å². The van der Waals surface area contributed by atoms with Crippen LogP contribution in [-0.2, 0) is 0 Å². The first-order chi connectivity index (χ1) is 3.93. The largest absolute Gasteiger partial charge is 2.00 e. The summed E-state index contributed by atoms with van der Waals surface area (Å²) in [6, 6.07) is 2.73. The molecule has 1 aromatic heterocycles. The zero-order chi connectivity index (χ0) is 5.82. The fourth-order valence-corrected chi connectivity index (χ4v) is 0.673. The quantitative estimate of drug-likeness (QED) is 0.233. The molecule has 1 rings (SSSR count). The van der Waals surface area contributed by atoms with Crippen LogP contribution in [0, 0.1) is 6.07 Å². The van der Waals surface area contributed by atoms with Gasteiger partial charge in [-0.3, -0.25) is 9.97 Å². The van der Waals surface area contributed by atoms with Gasteiger partial charge in [0.05, 0.1) is 0 Å². The van der Waals surface area contributed by atoms with Crippen molar-refractivity contribution in [3.8, 4) is 0 Å². The van der Waals surface area contributed by atoms with E-state index in [-0.39, 0.29) is 40.0 Å². The van der Waals surface area contributed by atoms with Crippen LogP contribution in [0.4, 0.5) is 0 Å². The minimum absolute atomic E-state index is 0. The third-order valence-corrected chi connectivity index (χ3v) is 1.26. The molecule has 2 nitrogen and oxygen atoms in total. The monoisotopic (exact) mass is 228 g/mol. The first-order valence-electron chi connectivity index (χ1n) is 2.15. The molecule has 0 saturated carbocycles. The maximum absolute atomic E-state index is 3.89. The van der Waals surface area contributed by atoms with Gasteiger partial charge < -0.3 is 23.0 Å². The Morgan fingerprint density at radius 3 is 2.20 bits per heavy atom. The summed E-state index contributed by atoms with van der Waals surface area (Å²) in [6.45, 7) is 0. The van der Waals surface area contributed by atoms with E-state index >= 15 is 0 Å². The zero-order valence-corrected chi connectivity index (χ0v) is 9.36. The van der Waals surface area contributed by atoms with E-state index in [0.29, 0.717) is 0 Å². The van der Waals surface area contributed by atoms with Crippen molar-refractivity contribution in [2.24, 2.45) is 0 Å². The number of aromatic nitrogens is 2. The van der Waals surface area contributed by atoms with Gasteiger partial charge in [-0.05, 0) is 6.26 Å². The van der Waals surface area contributed by atoms with Crippen LogP contribution in [-0.4, -0.2) is 39.3 Å². The van der Waals surface area contributed by atoms with Crippen LogP contribution in [0.25, 0.3) is 0 Å². The molecule has 10 heavy (non-hydrogen) atoms. The number of hydrogen-bond donors (Lipinski definition) is 0. The van der Waals surface area contributed by atoms with Crippen LogP contribution in [0.2, 0.25) is 0 Å². The van der Waals surface area contributed by atoms with E-state index < -0.39 is 0 Å². The van der Waals surface area contributed by atoms with Crippen molar-refractivity contribution in [2.45, 2.75) is 5.16 Å². The molecule has 0 aliphatic heterocycles. The Bertz CT molecular complexity index is 161. The SMILES string of the molecule is CSc1nc[c-]cn1.[Br-].[Mg+2]. The van der Waals surface area contributed by atoms with Gasteiger partial charge in [-0.2, -0.15) is 0 Å². The van der Waals surface area contributed by atoms with Crippen molar-refractivity contribution in [3.05, 3.63) is 18.5 Å². The van der Waals surface area contributed by atoms with Crippen molar-refractivity contribution >= 4 is 34.8 Å². The van der Waals surface area contributed by atoms with Crippen molar-refractivity contribution in [3.63, 3.8) is 0 Å². The van der Waals surface area contributed by atoms with Crippen molar-refractivity contribution < 1.29 is 17.0 Å². The second-order valence-electron chi connectivity index (χ2n) is 1.17. The van der Waals surface area contributed by atoms with Crippen molar-refractivity contribution in [1.29, 1.82) is 0 Å². The molecule has 1 aromatic rings. The van der Waals surface area contributed by atoms with E-state index in [0.717, 1.165) is 5.16 Å². The van der Waals surface area contributed by atoms with Gasteiger partial charge in [-0.25, -0.2) is 0 Å². The second-order valence-corrected chi connectivity index (χ2v) is 1.94. The Kier molecular flexibility index (Phi) is 10.3. The molecule has 0 unspecified atom stereocenters. The van der Waals surface area contributed by atoms with Crippen molar-refractivity contribution in [2.75, 3.05) is 6.26 Å². The van der Waals surface area contributed by atoms with E-state index in [2.05, 4.69) is 16.0 Å². The molecule has 0 atom stereocenters. The molecule has 0 saturated heterocycles. The second kappa shape index (κ2) is 7.78. The van der Waals surface area contributed by atoms with Gasteiger partial charge in [-0.1, -0.05) is 11.8 Å². The van der Waals surface area contributed by atoms with Gasteiger partial charge in [0.15, 0.2) is 5.16 Å². The summed E-state index contributed by atoms with van der Waals surface area (Å²) in [6.07, 6.45) is 5.16. The molecule has 50 valence electrons. The van der Waals surface area contributed by atoms with Crippen LogP contribution in [0.1, 0.15) is 0 Å². The minimum Gasteiger partial charge on any atom is -1.00 e. The van der Waals surface area contributed by atoms with Gasteiger partial charge in [0.1, 0.15) is 0 Å². The standard InChI is InChI=1S/C5H5N2S.BrH.Mg/c1-8-5-6-3-2-4-7-5;;/h3-4H,1H3;1H;/q-1;;+2/p-1. The van der Waals surface area contributed by atoms with Crippen molar-refractivity contribution in [1.82, 2.24) is 9.97 Å². The number of halogens is 1. The van der Waals surface area contributed by atoms with Gasteiger partial charge in [0, 0.05) is 0 Å². The smallest absolute Gasteiger partial charge is 1.00 e. The van der Waals surface area contributed by atoms with E-state index in [1.54, 1.807) is 12.4 Å². The number of rotatable bonds is 1. The maximum atomic E-state index is 3.89. The summed E-state index contributed by atoms with van der Waals surface area (Å²) < 4.78 is 0. The predicted octanol–water partition coefficient (Wildman–Crippen LogP) is -2.38. The minimum atomic E-state index is 0. The Hall–Kier alpha value is 0.676. The van der Waals surface area contributed by atoms with E-state index in [4.69, 9.17) is 0 Å². The zero-order valence-electron chi connectivity index (χ0n) is 5.54. The third-order valence-electron chi connectivity index (χ3n) is 0.682. The Labute approximate surface area is 91.1 Å². The predicted molar refractivity (Wildman–Crippen MR) is 38.4 cm³/mol. The summed E-state index contributed by atoms with van der Waals surface area (Å²) in [5.41, 5.74) is 0. The molecule has 0 aliphatic carbocycles. The summed E-state index contributed by atoms with van der Waals surface area (Å²) in [7, 11) is 0. The Morgan fingerprint density at radius 2 is 1.90 bits per heavy atom. The van der Waals surface area contributed by atoms with Gasteiger partial charge in [0.2, 0.25) is 0 Å². The molecule has 0 fully saturated rings. The normalized spacial score (nSPS) is 7.30. The number of hydrogen-bond acceptors (Lipinski definition) is 3. The van der Waals surface area contributed by atoms with Gasteiger partial charge in [-0.15, -0.1) is 12.4 Å². The number of thioether (sulfide) groups is 1. The molecule has 5 heteroatoms. The Morgan fingerprint density at radius 1 is 1.40 bits per heavy atom. The summed E-state index contributed by atoms with van der Waals surface area (Å²) in [4.78, 5) is 7.79. The molecule has 0 aromatic carbocycles.